The van der Waals surface area contributed by atoms with E-state index in [1.807, 2.05) is 30.3 Å². The molecule has 0 aliphatic heterocycles. The van der Waals surface area contributed by atoms with Gasteiger partial charge in [-0.1, -0.05) is 75.8 Å². The van der Waals surface area contributed by atoms with Crippen LogP contribution in [-0.2, 0) is 11.2 Å². The summed E-state index contributed by atoms with van der Waals surface area (Å²) in [7, 11) is 0. The number of halogens is 1. The summed E-state index contributed by atoms with van der Waals surface area (Å²) >= 11 is 6.20. The smallest absolute Gasteiger partial charge is 0.240 e. The summed E-state index contributed by atoms with van der Waals surface area (Å²) in [5.74, 6) is 0.502. The van der Waals surface area contributed by atoms with Gasteiger partial charge in [0.05, 0.1) is 6.10 Å². The molecule has 0 heterocycles. The van der Waals surface area contributed by atoms with E-state index in [2.05, 4.69) is 12.2 Å². The average Bonchev–Trinajstić information content (AvgIpc) is 3.40. The summed E-state index contributed by atoms with van der Waals surface area (Å²) in [6.45, 7) is 2.77. The van der Waals surface area contributed by atoms with Crippen molar-refractivity contribution in [2.75, 3.05) is 6.54 Å². The Morgan fingerprint density at radius 1 is 1.24 bits per heavy atom. The number of unbranched alkanes of at least 4 members (excludes halogenated alkanes) is 4. The average molecular weight is 366 g/mol. The lowest BCUT2D eigenvalue weighted by Gasteiger charge is -2.17. The molecule has 0 aromatic heterocycles. The zero-order valence-electron chi connectivity index (χ0n) is 15.3. The quantitative estimate of drug-likeness (QED) is 0.428. The number of hydrogen-bond acceptors (Lipinski definition) is 2. The largest absolute Gasteiger partial charge is 0.391 e. The molecule has 1 aliphatic carbocycles. The summed E-state index contributed by atoms with van der Waals surface area (Å²) in [5.41, 5.74) is 1.18. The molecule has 0 spiro atoms. The van der Waals surface area contributed by atoms with Crippen LogP contribution < -0.4 is 5.32 Å². The number of carbonyl (C=O) groups is 1. The Balaban J connectivity index is 1.61. The van der Waals surface area contributed by atoms with Crippen LogP contribution in [0.25, 0.3) is 0 Å². The molecule has 4 atom stereocenters. The van der Waals surface area contributed by atoms with Crippen molar-refractivity contribution < 1.29 is 9.90 Å². The van der Waals surface area contributed by atoms with E-state index in [1.165, 1.54) is 37.7 Å². The molecule has 2 N–H and O–H groups in total. The van der Waals surface area contributed by atoms with E-state index in [9.17, 15) is 9.90 Å². The van der Waals surface area contributed by atoms with Crippen LogP contribution in [0.5, 0.6) is 0 Å². The minimum atomic E-state index is -0.842. The van der Waals surface area contributed by atoms with Gasteiger partial charge >= 0.3 is 0 Å². The Labute approximate surface area is 157 Å². The van der Waals surface area contributed by atoms with Crippen molar-refractivity contribution in [1.29, 1.82) is 0 Å². The van der Waals surface area contributed by atoms with E-state index in [0.29, 0.717) is 12.5 Å². The number of nitrogens with one attached hydrogen (secondary N) is 1. The minimum absolute atomic E-state index is 0.202. The maximum atomic E-state index is 12.1. The monoisotopic (exact) mass is 365 g/mol. The molecular weight excluding hydrogens is 334 g/mol. The number of rotatable bonds is 12. The zero-order valence-corrected chi connectivity index (χ0v) is 16.0. The van der Waals surface area contributed by atoms with Gasteiger partial charge in [0.2, 0.25) is 5.91 Å². The fourth-order valence-corrected chi connectivity index (χ4v) is 3.74. The predicted octanol–water partition coefficient (Wildman–Crippen LogP) is 4.31. The summed E-state index contributed by atoms with van der Waals surface area (Å²) in [4.78, 5) is 12.1. The summed E-state index contributed by atoms with van der Waals surface area (Å²) in [6, 6.07) is 10.0. The minimum Gasteiger partial charge on any atom is -0.391 e. The number of aliphatic hydroxyl groups is 1. The van der Waals surface area contributed by atoms with Gasteiger partial charge in [-0.25, -0.2) is 0 Å². The molecule has 1 saturated carbocycles. The van der Waals surface area contributed by atoms with Crippen molar-refractivity contribution in [3.05, 3.63) is 35.9 Å². The van der Waals surface area contributed by atoms with E-state index in [1.54, 1.807) is 0 Å². The highest BCUT2D eigenvalue weighted by Gasteiger charge is 2.45. The van der Waals surface area contributed by atoms with Crippen molar-refractivity contribution >= 4 is 17.5 Å². The van der Waals surface area contributed by atoms with Crippen molar-refractivity contribution in [3.63, 3.8) is 0 Å². The third-order valence-corrected chi connectivity index (χ3v) is 5.66. The second kappa shape index (κ2) is 10.8. The standard InChI is InChI=1S/C21H32ClNO2/c1-2-3-4-5-9-12-17-15-18(17)20(24)19(22)21(25)23-14-13-16-10-7-6-8-11-16/h6-8,10-11,17-20,24H,2-5,9,12-15H2,1H3,(H,23,25)/t17-,18-,19-,20+/m1/s1. The van der Waals surface area contributed by atoms with Crippen molar-refractivity contribution in [2.24, 2.45) is 11.8 Å². The predicted molar refractivity (Wildman–Crippen MR) is 104 cm³/mol. The van der Waals surface area contributed by atoms with Crippen molar-refractivity contribution in [3.8, 4) is 0 Å². The second-order valence-corrected chi connectivity index (χ2v) is 7.75. The molecule has 0 bridgehead atoms. The fraction of sp³-hybridized carbons (Fsp3) is 0.667. The van der Waals surface area contributed by atoms with Gasteiger partial charge in [-0.15, -0.1) is 11.6 Å². The van der Waals surface area contributed by atoms with Gasteiger partial charge in [0.25, 0.3) is 0 Å². The Hall–Kier alpha value is -1.06. The molecule has 140 valence electrons. The molecule has 0 saturated heterocycles. The summed E-state index contributed by atoms with van der Waals surface area (Å²) in [5, 5.41) is 12.4. The van der Waals surface area contributed by atoms with E-state index in [-0.39, 0.29) is 11.8 Å². The lowest BCUT2D eigenvalue weighted by molar-refractivity contribution is -0.122. The Morgan fingerprint density at radius 3 is 2.68 bits per heavy atom. The summed E-state index contributed by atoms with van der Waals surface area (Å²) in [6.07, 6.45) is 8.59. The number of benzene rings is 1. The number of carbonyl (C=O) groups excluding carboxylic acids is 1. The first kappa shape index (κ1) is 20.3. The topological polar surface area (TPSA) is 49.3 Å². The number of hydrogen-bond donors (Lipinski definition) is 2. The van der Waals surface area contributed by atoms with E-state index in [0.717, 1.165) is 19.3 Å². The first-order valence-corrected chi connectivity index (χ1v) is 10.2. The fourth-order valence-electron chi connectivity index (χ4n) is 3.48. The molecule has 1 aliphatic rings. The first-order valence-electron chi connectivity index (χ1n) is 9.77. The molecule has 0 radical (unpaired) electrons. The SMILES string of the molecule is CCCCCCC[C@@H]1C[C@H]1[C@H](O)[C@@H](Cl)C(=O)NCCc1ccccc1. The lowest BCUT2D eigenvalue weighted by atomic mass is 10.0. The zero-order chi connectivity index (χ0) is 18.1. The molecule has 25 heavy (non-hydrogen) atoms. The van der Waals surface area contributed by atoms with Gasteiger partial charge in [-0.3, -0.25) is 4.79 Å². The third-order valence-electron chi connectivity index (χ3n) is 5.20. The molecule has 0 unspecified atom stereocenters. The molecule has 1 fully saturated rings. The van der Waals surface area contributed by atoms with Crippen molar-refractivity contribution in [1.82, 2.24) is 5.32 Å². The van der Waals surface area contributed by atoms with Gasteiger partial charge < -0.3 is 10.4 Å². The van der Waals surface area contributed by atoms with Crippen LogP contribution >= 0.6 is 11.6 Å². The number of aliphatic hydroxyl groups excluding tert-OH is 1. The van der Waals surface area contributed by atoms with Crippen molar-refractivity contribution in [2.45, 2.75) is 69.8 Å². The highest BCUT2D eigenvalue weighted by atomic mass is 35.5. The summed E-state index contributed by atoms with van der Waals surface area (Å²) < 4.78 is 0. The molecule has 3 nitrogen and oxygen atoms in total. The molecule has 2 rings (SSSR count). The molecular formula is C21H32ClNO2. The van der Waals surface area contributed by atoms with Gasteiger partial charge in [0.15, 0.2) is 0 Å². The molecule has 1 aromatic carbocycles. The van der Waals surface area contributed by atoms with Gasteiger partial charge in [-0.2, -0.15) is 0 Å². The van der Waals surface area contributed by atoms with Gasteiger partial charge in [0.1, 0.15) is 5.38 Å². The highest BCUT2D eigenvalue weighted by Crippen LogP contribution is 2.46. The van der Waals surface area contributed by atoms with Crippen LogP contribution in [-0.4, -0.2) is 29.0 Å². The lowest BCUT2D eigenvalue weighted by Crippen LogP contribution is -2.40. The third kappa shape index (κ3) is 6.99. The van der Waals surface area contributed by atoms with Gasteiger partial charge in [0, 0.05) is 6.54 Å². The first-order chi connectivity index (χ1) is 12.1. The van der Waals surface area contributed by atoms with Crippen LogP contribution in [0, 0.1) is 11.8 Å². The maximum absolute atomic E-state index is 12.1. The normalized spacial score (nSPS) is 21.6. The van der Waals surface area contributed by atoms with E-state index < -0.39 is 11.5 Å². The van der Waals surface area contributed by atoms with Crippen LogP contribution in [0.2, 0.25) is 0 Å². The molecule has 4 heteroatoms. The van der Waals surface area contributed by atoms with Crippen LogP contribution in [0.1, 0.15) is 57.4 Å². The van der Waals surface area contributed by atoms with Crippen LogP contribution in [0.4, 0.5) is 0 Å². The van der Waals surface area contributed by atoms with Crippen LogP contribution in [0.3, 0.4) is 0 Å². The number of amides is 1. The Bertz CT molecular complexity index is 508. The second-order valence-electron chi connectivity index (χ2n) is 7.28. The maximum Gasteiger partial charge on any atom is 0.240 e. The van der Waals surface area contributed by atoms with Gasteiger partial charge in [-0.05, 0) is 30.2 Å². The molecule has 1 amide bonds. The molecule has 1 aromatic rings. The van der Waals surface area contributed by atoms with E-state index in [4.69, 9.17) is 11.6 Å². The highest BCUT2D eigenvalue weighted by molar-refractivity contribution is 6.31. The van der Waals surface area contributed by atoms with Crippen LogP contribution in [0.15, 0.2) is 30.3 Å². The Kier molecular flexibility index (Phi) is 8.77. The van der Waals surface area contributed by atoms with E-state index >= 15 is 0 Å². The Morgan fingerprint density at radius 2 is 1.96 bits per heavy atom. The number of alkyl halides is 1.